The van der Waals surface area contributed by atoms with Gasteiger partial charge in [0.1, 0.15) is 0 Å². The van der Waals surface area contributed by atoms with E-state index in [2.05, 4.69) is 78.6 Å². The molecule has 1 aliphatic heterocycles. The molecular formula is C29H53NO. The Kier molecular flexibility index (Phi) is 13.7. The van der Waals surface area contributed by atoms with E-state index in [4.69, 9.17) is 4.74 Å². The number of hydrogen-bond acceptors (Lipinski definition) is 2. The lowest BCUT2D eigenvalue weighted by Gasteiger charge is -2.17. The van der Waals surface area contributed by atoms with Gasteiger partial charge in [-0.2, -0.15) is 0 Å². The van der Waals surface area contributed by atoms with Crippen molar-refractivity contribution in [3.8, 4) is 0 Å². The highest BCUT2D eigenvalue weighted by Gasteiger charge is 2.46. The van der Waals surface area contributed by atoms with E-state index < -0.39 is 0 Å². The van der Waals surface area contributed by atoms with Gasteiger partial charge >= 0.3 is 0 Å². The smallest absolute Gasteiger partial charge is 0.0892 e. The second-order valence-electron chi connectivity index (χ2n) is 11.0. The van der Waals surface area contributed by atoms with Crippen molar-refractivity contribution < 1.29 is 4.74 Å². The molecule has 0 saturated carbocycles. The second-order valence-corrected chi connectivity index (χ2v) is 11.0. The van der Waals surface area contributed by atoms with Crippen LogP contribution in [0.1, 0.15) is 113 Å². The normalized spacial score (nSPS) is 19.5. The third kappa shape index (κ3) is 14.8. The molecule has 2 heteroatoms. The van der Waals surface area contributed by atoms with Crippen LogP contribution in [0.4, 0.5) is 0 Å². The quantitative estimate of drug-likeness (QED) is 0.130. The van der Waals surface area contributed by atoms with Gasteiger partial charge in [-0.15, -0.1) is 0 Å². The van der Waals surface area contributed by atoms with Gasteiger partial charge in [-0.3, -0.25) is 0 Å². The molecule has 0 aromatic rings. The van der Waals surface area contributed by atoms with Crippen LogP contribution >= 0.6 is 0 Å². The zero-order chi connectivity index (χ0) is 23.3. The van der Waals surface area contributed by atoms with Crippen molar-refractivity contribution in [1.82, 2.24) is 4.90 Å². The molecule has 1 unspecified atom stereocenters. The summed E-state index contributed by atoms with van der Waals surface area (Å²) in [5, 5.41) is 0. The minimum atomic E-state index is 0.135. The molecular weight excluding hydrogens is 378 g/mol. The topological polar surface area (TPSA) is 15.8 Å². The van der Waals surface area contributed by atoms with E-state index >= 15 is 0 Å². The molecule has 1 saturated heterocycles. The van der Waals surface area contributed by atoms with E-state index in [0.29, 0.717) is 6.10 Å². The summed E-state index contributed by atoms with van der Waals surface area (Å²) in [6.45, 7) is 18.3. The first-order valence-electron chi connectivity index (χ1n) is 12.9. The lowest BCUT2D eigenvalue weighted by molar-refractivity contribution is 0.313. The first kappa shape index (κ1) is 28.2. The minimum absolute atomic E-state index is 0.135. The number of hydrogen-bond donors (Lipinski definition) is 0. The lowest BCUT2D eigenvalue weighted by Crippen LogP contribution is -2.21. The molecule has 0 spiro atoms. The highest BCUT2D eigenvalue weighted by Crippen LogP contribution is 2.38. The zero-order valence-electron chi connectivity index (χ0n) is 22.2. The molecule has 2 nitrogen and oxygen atoms in total. The number of ether oxygens (including phenoxy) is 1. The Hall–Kier alpha value is -0.860. The molecule has 0 N–H and O–H groups in total. The van der Waals surface area contributed by atoms with Crippen LogP contribution in [0.3, 0.4) is 0 Å². The highest BCUT2D eigenvalue weighted by atomic mass is 16.6. The zero-order valence-corrected chi connectivity index (χ0v) is 22.2. The van der Waals surface area contributed by atoms with Crippen LogP contribution in [0, 0.1) is 5.92 Å². The van der Waals surface area contributed by atoms with Crippen LogP contribution < -0.4 is 0 Å². The van der Waals surface area contributed by atoms with Gasteiger partial charge in [0, 0.05) is 0 Å². The lowest BCUT2D eigenvalue weighted by atomic mass is 10.0. The summed E-state index contributed by atoms with van der Waals surface area (Å²) in [6.07, 6.45) is 20.1. The molecule has 0 bridgehead atoms. The fraction of sp³-hybridized carbons (Fsp3) is 0.793. The molecule has 1 heterocycles. The number of allylic oxidation sites excluding steroid dienone is 6. The van der Waals surface area contributed by atoms with Crippen molar-refractivity contribution in [3.05, 3.63) is 34.9 Å². The summed E-state index contributed by atoms with van der Waals surface area (Å²) in [4.78, 5) is 2.50. The second kappa shape index (κ2) is 15.1. The minimum Gasteiger partial charge on any atom is -0.367 e. The molecule has 1 atom stereocenters. The molecule has 1 fully saturated rings. The van der Waals surface area contributed by atoms with Gasteiger partial charge in [-0.25, -0.2) is 0 Å². The van der Waals surface area contributed by atoms with Crippen molar-refractivity contribution in [1.29, 1.82) is 0 Å². The molecule has 0 aromatic heterocycles. The van der Waals surface area contributed by atoms with Crippen molar-refractivity contribution in [2.45, 2.75) is 124 Å². The van der Waals surface area contributed by atoms with Crippen molar-refractivity contribution >= 4 is 0 Å². The fourth-order valence-corrected chi connectivity index (χ4v) is 4.12. The van der Waals surface area contributed by atoms with Gasteiger partial charge in [0.15, 0.2) is 0 Å². The van der Waals surface area contributed by atoms with Gasteiger partial charge < -0.3 is 9.64 Å². The maximum absolute atomic E-state index is 5.68. The van der Waals surface area contributed by atoms with E-state index in [0.717, 1.165) is 12.3 Å². The van der Waals surface area contributed by atoms with E-state index in [1.807, 2.05) is 0 Å². The molecule has 0 radical (unpaired) electrons. The van der Waals surface area contributed by atoms with E-state index in [-0.39, 0.29) is 5.60 Å². The predicted molar refractivity (Wildman–Crippen MR) is 139 cm³/mol. The summed E-state index contributed by atoms with van der Waals surface area (Å²) in [5.74, 6) is 0.831. The van der Waals surface area contributed by atoms with Crippen LogP contribution in [-0.4, -0.2) is 36.7 Å². The van der Waals surface area contributed by atoms with Crippen molar-refractivity contribution in [3.63, 3.8) is 0 Å². The van der Waals surface area contributed by atoms with Crippen molar-refractivity contribution in [2.24, 2.45) is 5.92 Å². The predicted octanol–water partition coefficient (Wildman–Crippen LogP) is 8.49. The van der Waals surface area contributed by atoms with Gasteiger partial charge in [0.25, 0.3) is 0 Å². The number of nitrogens with zero attached hydrogens (tertiary/aromatic N) is 1. The van der Waals surface area contributed by atoms with E-state index in [1.165, 1.54) is 82.0 Å². The molecule has 1 rings (SSSR count). The number of unbranched alkanes of at least 4 members (excludes halogenated alkanes) is 1. The van der Waals surface area contributed by atoms with Crippen LogP contribution in [0.2, 0.25) is 0 Å². The summed E-state index contributed by atoms with van der Waals surface area (Å²) >= 11 is 0. The van der Waals surface area contributed by atoms with Crippen molar-refractivity contribution in [2.75, 3.05) is 20.1 Å². The maximum Gasteiger partial charge on any atom is 0.0892 e. The average molecular weight is 432 g/mol. The summed E-state index contributed by atoms with van der Waals surface area (Å²) in [5.41, 5.74) is 4.75. The molecule has 0 aliphatic carbocycles. The third-order valence-corrected chi connectivity index (χ3v) is 6.58. The molecule has 0 aromatic carbocycles. The summed E-state index contributed by atoms with van der Waals surface area (Å²) < 4.78 is 5.68. The van der Waals surface area contributed by atoms with Gasteiger partial charge in [-0.05, 0) is 125 Å². The Morgan fingerprint density at radius 1 is 0.839 bits per heavy atom. The Morgan fingerprint density at radius 3 is 1.94 bits per heavy atom. The Morgan fingerprint density at radius 2 is 1.35 bits per heavy atom. The molecule has 0 amide bonds. The number of epoxide rings is 1. The van der Waals surface area contributed by atoms with Gasteiger partial charge in [0.2, 0.25) is 0 Å². The summed E-state index contributed by atoms with van der Waals surface area (Å²) in [6, 6.07) is 0. The molecule has 180 valence electrons. The monoisotopic (exact) mass is 431 g/mol. The van der Waals surface area contributed by atoms with E-state index in [9.17, 15) is 0 Å². The Bertz CT molecular complexity index is 582. The van der Waals surface area contributed by atoms with Crippen LogP contribution in [0.25, 0.3) is 0 Å². The third-order valence-electron chi connectivity index (χ3n) is 6.58. The molecule has 1 aliphatic rings. The Labute approximate surface area is 195 Å². The highest BCUT2D eigenvalue weighted by molar-refractivity contribution is 5.06. The first-order valence-corrected chi connectivity index (χ1v) is 12.9. The largest absolute Gasteiger partial charge is 0.367 e. The Balaban J connectivity index is 2.09. The van der Waals surface area contributed by atoms with Crippen LogP contribution in [0.5, 0.6) is 0 Å². The van der Waals surface area contributed by atoms with Crippen LogP contribution in [0.15, 0.2) is 34.9 Å². The SMILES string of the molecule is C/C(=C/CC/C=C(\C)CCC1OC1(C)C)CC/C=C(\C)CCCN(C)CCCC(C)C. The summed E-state index contributed by atoms with van der Waals surface area (Å²) in [7, 11) is 2.27. The maximum atomic E-state index is 5.68. The van der Waals surface area contributed by atoms with Gasteiger partial charge in [-0.1, -0.05) is 48.8 Å². The van der Waals surface area contributed by atoms with E-state index in [1.54, 1.807) is 5.57 Å². The average Bonchev–Trinajstić information content (AvgIpc) is 3.30. The van der Waals surface area contributed by atoms with Gasteiger partial charge in [0.05, 0.1) is 11.7 Å². The van der Waals surface area contributed by atoms with Crippen LogP contribution in [-0.2, 0) is 4.74 Å². The fourth-order valence-electron chi connectivity index (χ4n) is 4.12. The first-order chi connectivity index (χ1) is 14.6. The standard InChI is InChI=1S/C29H53NO/c1-24(2)14-12-22-30(8)23-13-19-26(4)18-11-17-25(3)15-9-10-16-27(5)20-21-28-29(6,7)31-28/h15-16,18,24,28H,9-14,17,19-23H2,1-8H3/b25-15-,26-18+,27-16+. The number of rotatable bonds is 17. The molecule has 31 heavy (non-hydrogen) atoms.